The third-order valence-corrected chi connectivity index (χ3v) is 8.65. The standard InChI is InChI=1S/C41H60N2O5/c1-9-14-18-32(11-3)28-47-36-22-21-35(39(44)25-36)27-42-41(34(13-5)20-16-17-30(6)46-8)43-31(7)38-24-23-37(26-40(38)45)48-29-33(12-4)19-15-10-2/h13,16,20-26,32-33,44-45H,6,9-12,14-15,17-19,27-29H2,1-5,7-8H3/b20-16-,34-13+,42-41?,43-31?. The number of aliphatic imine (C=N–C) groups is 2. The third-order valence-electron chi connectivity index (χ3n) is 8.65. The summed E-state index contributed by atoms with van der Waals surface area (Å²) in [6.45, 7) is 17.9. The fraction of sp³-hybridized carbons (Fsp3) is 0.512. The molecule has 0 bridgehead atoms. The van der Waals surface area contributed by atoms with Crippen molar-refractivity contribution in [1.82, 2.24) is 0 Å². The minimum Gasteiger partial charge on any atom is -0.507 e. The fourth-order valence-corrected chi connectivity index (χ4v) is 5.17. The number of aromatic hydroxyl groups is 2. The van der Waals surface area contributed by atoms with Gasteiger partial charge in [-0.3, -0.25) is 4.99 Å². The number of hydrogen-bond acceptors (Lipinski definition) is 6. The van der Waals surface area contributed by atoms with Crippen LogP contribution in [-0.2, 0) is 11.3 Å². The van der Waals surface area contributed by atoms with Crippen LogP contribution in [0, 0.1) is 11.8 Å². The number of rotatable bonds is 22. The van der Waals surface area contributed by atoms with Gasteiger partial charge in [0.2, 0.25) is 0 Å². The summed E-state index contributed by atoms with van der Waals surface area (Å²) >= 11 is 0. The maximum absolute atomic E-state index is 11.0. The van der Waals surface area contributed by atoms with Crippen LogP contribution in [0.1, 0.15) is 110 Å². The van der Waals surface area contributed by atoms with E-state index in [4.69, 9.17) is 24.2 Å². The lowest BCUT2D eigenvalue weighted by Gasteiger charge is -2.16. The van der Waals surface area contributed by atoms with Gasteiger partial charge in [-0.2, -0.15) is 0 Å². The minimum absolute atomic E-state index is 0.0944. The molecule has 0 radical (unpaired) electrons. The maximum atomic E-state index is 11.0. The highest BCUT2D eigenvalue weighted by Gasteiger charge is 2.13. The smallest absolute Gasteiger partial charge is 0.154 e. The number of allylic oxidation sites excluding steroid dienone is 2. The molecular weight excluding hydrogens is 600 g/mol. The van der Waals surface area contributed by atoms with E-state index in [-0.39, 0.29) is 18.0 Å². The predicted molar refractivity (Wildman–Crippen MR) is 201 cm³/mol. The fourth-order valence-electron chi connectivity index (χ4n) is 5.17. The van der Waals surface area contributed by atoms with Crippen molar-refractivity contribution in [3.63, 3.8) is 0 Å². The van der Waals surface area contributed by atoms with Gasteiger partial charge < -0.3 is 24.4 Å². The second-order valence-electron chi connectivity index (χ2n) is 12.4. The number of methoxy groups -OCH3 is 1. The van der Waals surface area contributed by atoms with Crippen LogP contribution in [0.2, 0.25) is 0 Å². The molecule has 2 rings (SSSR count). The Morgan fingerprint density at radius 1 is 0.875 bits per heavy atom. The van der Waals surface area contributed by atoms with Gasteiger partial charge in [-0.25, -0.2) is 4.99 Å². The summed E-state index contributed by atoms with van der Waals surface area (Å²) in [5.41, 5.74) is 2.63. The zero-order valence-corrected chi connectivity index (χ0v) is 30.6. The molecule has 264 valence electrons. The van der Waals surface area contributed by atoms with Crippen molar-refractivity contribution in [2.24, 2.45) is 21.8 Å². The highest BCUT2D eigenvalue weighted by molar-refractivity contribution is 6.13. The van der Waals surface area contributed by atoms with Crippen LogP contribution in [0.25, 0.3) is 0 Å². The Labute approximate surface area is 290 Å². The molecule has 0 fully saturated rings. The summed E-state index contributed by atoms with van der Waals surface area (Å²) < 4.78 is 17.3. The Hall–Kier alpha value is -4.00. The first-order chi connectivity index (χ1) is 23.2. The minimum atomic E-state index is 0.0944. The molecule has 0 amide bonds. The monoisotopic (exact) mass is 660 g/mol. The molecule has 2 unspecified atom stereocenters. The van der Waals surface area contributed by atoms with Gasteiger partial charge in [-0.1, -0.05) is 91.0 Å². The van der Waals surface area contributed by atoms with E-state index in [1.54, 1.807) is 19.2 Å². The highest BCUT2D eigenvalue weighted by Crippen LogP contribution is 2.28. The van der Waals surface area contributed by atoms with E-state index in [0.717, 1.165) is 31.3 Å². The largest absolute Gasteiger partial charge is 0.507 e. The first kappa shape index (κ1) is 40.2. The third kappa shape index (κ3) is 14.0. The SMILES string of the molecule is C=C(C/C=C\C(=C/C)C(=NCc1ccc(OCC(CC)CCCC)cc1O)N=C(C)c1ccc(OCC(CC)CCCC)cc1O)OC. The van der Waals surface area contributed by atoms with E-state index in [1.807, 2.05) is 56.3 Å². The summed E-state index contributed by atoms with van der Waals surface area (Å²) in [6, 6.07) is 10.7. The van der Waals surface area contributed by atoms with E-state index in [1.165, 1.54) is 25.7 Å². The molecule has 0 spiro atoms. The maximum Gasteiger partial charge on any atom is 0.154 e. The molecule has 2 aromatic carbocycles. The second kappa shape index (κ2) is 22.5. The Balaban J connectivity index is 2.33. The summed E-state index contributed by atoms with van der Waals surface area (Å²) in [4.78, 5) is 9.72. The molecule has 2 aromatic rings. The molecule has 7 nitrogen and oxygen atoms in total. The summed E-state index contributed by atoms with van der Waals surface area (Å²) in [7, 11) is 1.60. The van der Waals surface area contributed by atoms with E-state index in [0.29, 0.717) is 71.4 Å². The number of ether oxygens (including phenoxy) is 3. The molecule has 7 heteroatoms. The van der Waals surface area contributed by atoms with E-state index < -0.39 is 0 Å². The number of unbranched alkanes of at least 4 members (excludes halogenated alkanes) is 2. The lowest BCUT2D eigenvalue weighted by atomic mass is 10.0. The van der Waals surface area contributed by atoms with Crippen LogP contribution in [0.5, 0.6) is 23.0 Å². The van der Waals surface area contributed by atoms with Crippen LogP contribution in [0.3, 0.4) is 0 Å². The van der Waals surface area contributed by atoms with Gasteiger partial charge in [-0.05, 0) is 62.8 Å². The molecule has 0 aliphatic rings. The number of phenols is 2. The molecule has 2 atom stereocenters. The van der Waals surface area contributed by atoms with Gasteiger partial charge in [0, 0.05) is 35.3 Å². The van der Waals surface area contributed by atoms with Gasteiger partial charge >= 0.3 is 0 Å². The summed E-state index contributed by atoms with van der Waals surface area (Å²) in [5.74, 6) is 3.61. The highest BCUT2D eigenvalue weighted by atomic mass is 16.5. The van der Waals surface area contributed by atoms with Crippen molar-refractivity contribution in [3.8, 4) is 23.0 Å². The van der Waals surface area contributed by atoms with Crippen molar-refractivity contribution in [1.29, 1.82) is 0 Å². The zero-order chi connectivity index (χ0) is 35.3. The number of amidine groups is 1. The number of phenolic OH excluding ortho intramolecular Hbond substituents is 2. The number of nitrogens with zero attached hydrogens (tertiary/aromatic N) is 2. The Morgan fingerprint density at radius 2 is 1.46 bits per heavy atom. The molecule has 0 saturated carbocycles. The lowest BCUT2D eigenvalue weighted by molar-refractivity contribution is 0.232. The van der Waals surface area contributed by atoms with Crippen LogP contribution < -0.4 is 9.47 Å². The molecular formula is C41H60N2O5. The molecule has 0 saturated heterocycles. The van der Waals surface area contributed by atoms with Gasteiger partial charge in [0.25, 0.3) is 0 Å². The molecule has 0 aromatic heterocycles. The zero-order valence-electron chi connectivity index (χ0n) is 30.6. The van der Waals surface area contributed by atoms with Crippen LogP contribution >= 0.6 is 0 Å². The van der Waals surface area contributed by atoms with Crippen LogP contribution in [0.15, 0.2) is 82.5 Å². The molecule has 0 aliphatic heterocycles. The van der Waals surface area contributed by atoms with Crippen LogP contribution in [0.4, 0.5) is 0 Å². The second-order valence-corrected chi connectivity index (χ2v) is 12.4. The van der Waals surface area contributed by atoms with Crippen molar-refractivity contribution >= 4 is 11.5 Å². The van der Waals surface area contributed by atoms with Crippen molar-refractivity contribution in [3.05, 3.63) is 83.7 Å². The quantitative estimate of drug-likeness (QED) is 0.0567. The number of benzene rings is 2. The van der Waals surface area contributed by atoms with Crippen molar-refractivity contribution < 1.29 is 24.4 Å². The van der Waals surface area contributed by atoms with Gasteiger partial charge in [0.15, 0.2) is 5.84 Å². The van der Waals surface area contributed by atoms with Crippen molar-refractivity contribution in [2.45, 2.75) is 106 Å². The molecule has 2 N–H and O–H groups in total. The Kier molecular flexibility index (Phi) is 18.9. The molecule has 48 heavy (non-hydrogen) atoms. The normalized spacial score (nSPS) is 13.9. The average Bonchev–Trinajstić information content (AvgIpc) is 3.09. The van der Waals surface area contributed by atoms with Gasteiger partial charge in [-0.15, -0.1) is 0 Å². The molecule has 0 aliphatic carbocycles. The first-order valence-electron chi connectivity index (χ1n) is 17.7. The molecule has 0 heterocycles. The Bertz CT molecular complexity index is 1390. The average molecular weight is 661 g/mol. The van der Waals surface area contributed by atoms with Crippen LogP contribution in [-0.4, -0.2) is 42.1 Å². The van der Waals surface area contributed by atoms with E-state index in [2.05, 4.69) is 34.3 Å². The van der Waals surface area contributed by atoms with Gasteiger partial charge in [0.05, 0.1) is 38.3 Å². The number of hydrogen-bond donors (Lipinski definition) is 2. The van der Waals surface area contributed by atoms with Crippen molar-refractivity contribution in [2.75, 3.05) is 20.3 Å². The summed E-state index contributed by atoms with van der Waals surface area (Å²) in [5, 5.41) is 21.8. The lowest BCUT2D eigenvalue weighted by Crippen LogP contribution is -2.11. The van der Waals surface area contributed by atoms with E-state index in [9.17, 15) is 10.2 Å². The predicted octanol–water partition coefficient (Wildman–Crippen LogP) is 10.7. The van der Waals surface area contributed by atoms with E-state index >= 15 is 0 Å². The Morgan fingerprint density at radius 3 is 1.96 bits per heavy atom. The topological polar surface area (TPSA) is 92.9 Å². The van der Waals surface area contributed by atoms with Gasteiger partial charge in [0.1, 0.15) is 23.0 Å². The summed E-state index contributed by atoms with van der Waals surface area (Å²) in [6.07, 6.45) is 15.5. The first-order valence-corrected chi connectivity index (χ1v) is 17.7.